The molecule has 4 heteroatoms. The van der Waals surface area contributed by atoms with Crippen LogP contribution in [0.25, 0.3) is 0 Å². The largest absolute Gasteiger partial charge is 0.298 e. The van der Waals surface area contributed by atoms with E-state index in [0.29, 0.717) is 6.32 Å². The van der Waals surface area contributed by atoms with Crippen molar-refractivity contribution in [2.75, 3.05) is 0 Å². The smallest absolute Gasteiger partial charge is 0.247 e. The van der Waals surface area contributed by atoms with Crippen LogP contribution in [0.15, 0.2) is 0 Å². The molecule has 0 heterocycles. The summed E-state index contributed by atoms with van der Waals surface area (Å²) in [6.07, 6.45) is 5.02. The van der Waals surface area contributed by atoms with Crippen molar-refractivity contribution in [1.29, 1.82) is 15.8 Å². The first-order valence-electron chi connectivity index (χ1n) is 5.65. The maximum Gasteiger partial charge on any atom is 0.298 e. The summed E-state index contributed by atoms with van der Waals surface area (Å²) in [7, 11) is 0. The molecule has 0 saturated carbocycles. The monoisotopic (exact) mass is 202 g/mol. The zero-order valence-corrected chi connectivity index (χ0v) is 9.37. The molecule has 0 spiro atoms. The lowest BCUT2D eigenvalue weighted by atomic mass is 9.26. The highest BCUT2D eigenvalue weighted by atomic mass is 14.3. The Kier molecular flexibility index (Phi) is 7.12. The minimum absolute atomic E-state index is 0.440. The summed E-state index contributed by atoms with van der Waals surface area (Å²) < 4.78 is 0. The lowest BCUT2D eigenvalue weighted by Crippen LogP contribution is -2.29. The molecular weight excluding hydrogens is 185 g/mol. The lowest BCUT2D eigenvalue weighted by molar-refractivity contribution is 0.623. The molecule has 0 aliphatic carbocycles. The van der Waals surface area contributed by atoms with Crippen molar-refractivity contribution in [3.8, 4) is 17.9 Å². The first-order valence-corrected chi connectivity index (χ1v) is 5.65. The zero-order valence-electron chi connectivity index (χ0n) is 9.37. The Balaban J connectivity index is 3.72. The predicted molar refractivity (Wildman–Crippen MR) is 60.8 cm³/mol. The average molecular weight is 202 g/mol. The molecule has 0 radical (unpaired) electrons. The number of nitrogens with zero attached hydrogens (tertiary/aromatic N) is 3. The van der Waals surface area contributed by atoms with Gasteiger partial charge in [-0.1, -0.05) is 45.4 Å². The second-order valence-electron chi connectivity index (χ2n) is 3.99. The van der Waals surface area contributed by atoms with E-state index < -0.39 is 6.15 Å². The molecule has 0 amide bonds. The van der Waals surface area contributed by atoms with Crippen LogP contribution >= 0.6 is 0 Å². The van der Waals surface area contributed by atoms with Gasteiger partial charge in [0, 0.05) is 0 Å². The number of hydrogen-bond acceptors (Lipinski definition) is 3. The van der Waals surface area contributed by atoms with Crippen molar-refractivity contribution >= 4 is 6.15 Å². The van der Waals surface area contributed by atoms with Crippen molar-refractivity contribution in [2.24, 2.45) is 0 Å². The minimum atomic E-state index is -2.07. The second-order valence-corrected chi connectivity index (χ2v) is 3.99. The number of unbranched alkanes of at least 4 members (excludes halogenated alkanes) is 5. The Morgan fingerprint density at radius 2 is 1.27 bits per heavy atom. The van der Waals surface area contributed by atoms with E-state index in [9.17, 15) is 0 Å². The van der Waals surface area contributed by atoms with Gasteiger partial charge < -0.3 is 0 Å². The van der Waals surface area contributed by atoms with Gasteiger partial charge in [0.1, 0.15) is 0 Å². The summed E-state index contributed by atoms with van der Waals surface area (Å²) in [5.41, 5.74) is 0. The van der Waals surface area contributed by atoms with Gasteiger partial charge in [-0.2, -0.15) is 0 Å². The number of nitriles is 3. The highest BCUT2D eigenvalue weighted by Gasteiger charge is 2.23. The van der Waals surface area contributed by atoms with Crippen LogP contribution < -0.4 is 0 Å². The van der Waals surface area contributed by atoms with E-state index in [4.69, 9.17) is 15.8 Å². The molecule has 0 bridgehead atoms. The molecule has 0 N–H and O–H groups in total. The van der Waals surface area contributed by atoms with Gasteiger partial charge in [-0.05, 0) is 0 Å². The molecule has 3 nitrogen and oxygen atoms in total. The van der Waals surface area contributed by atoms with Crippen LogP contribution in [0, 0.1) is 33.7 Å². The van der Waals surface area contributed by atoms with Crippen molar-refractivity contribution in [1.82, 2.24) is 0 Å². The summed E-state index contributed by atoms with van der Waals surface area (Å²) in [5.74, 6) is 5.57. The van der Waals surface area contributed by atoms with E-state index in [1.54, 1.807) is 0 Å². The van der Waals surface area contributed by atoms with E-state index in [1.807, 2.05) is 17.9 Å². The van der Waals surface area contributed by atoms with Crippen LogP contribution in [0.1, 0.15) is 45.4 Å². The average Bonchev–Trinajstić information content (AvgIpc) is 2.29. The fraction of sp³-hybridized carbons (Fsp3) is 0.727. The van der Waals surface area contributed by atoms with E-state index in [2.05, 4.69) is 6.92 Å². The molecular formula is C11H17BN3-. The van der Waals surface area contributed by atoms with Gasteiger partial charge in [-0.3, -0.25) is 0 Å². The maximum absolute atomic E-state index is 8.75. The van der Waals surface area contributed by atoms with Gasteiger partial charge in [-0.25, -0.2) is 15.8 Å². The molecule has 15 heavy (non-hydrogen) atoms. The fourth-order valence-corrected chi connectivity index (χ4v) is 1.51. The van der Waals surface area contributed by atoms with Gasteiger partial charge in [0.25, 0.3) is 6.15 Å². The molecule has 0 rings (SSSR count). The fourth-order valence-electron chi connectivity index (χ4n) is 1.51. The van der Waals surface area contributed by atoms with Crippen LogP contribution in [-0.4, -0.2) is 6.15 Å². The van der Waals surface area contributed by atoms with Crippen molar-refractivity contribution in [3.63, 3.8) is 0 Å². The van der Waals surface area contributed by atoms with Gasteiger partial charge in [0.2, 0.25) is 0 Å². The first-order chi connectivity index (χ1) is 7.24. The lowest BCUT2D eigenvalue weighted by Gasteiger charge is -2.14. The third-order valence-corrected chi connectivity index (χ3v) is 2.65. The summed E-state index contributed by atoms with van der Waals surface area (Å²) in [5, 5.41) is 26.3. The molecule has 0 unspecified atom stereocenters. The Bertz CT molecular complexity index is 256. The third kappa shape index (κ3) is 5.09. The Morgan fingerprint density at radius 1 is 0.800 bits per heavy atom. The molecule has 0 aliphatic heterocycles. The Morgan fingerprint density at radius 3 is 1.73 bits per heavy atom. The molecule has 0 saturated heterocycles. The molecule has 0 aliphatic rings. The van der Waals surface area contributed by atoms with E-state index >= 15 is 0 Å². The first kappa shape index (κ1) is 13.5. The van der Waals surface area contributed by atoms with Crippen molar-refractivity contribution in [3.05, 3.63) is 0 Å². The molecule has 0 aromatic rings. The molecule has 80 valence electrons. The van der Waals surface area contributed by atoms with Crippen LogP contribution in [0.2, 0.25) is 6.32 Å². The topological polar surface area (TPSA) is 71.4 Å². The highest BCUT2D eigenvalue weighted by molar-refractivity contribution is 6.99. The maximum atomic E-state index is 8.75. The van der Waals surface area contributed by atoms with Crippen molar-refractivity contribution in [2.45, 2.75) is 51.8 Å². The van der Waals surface area contributed by atoms with Crippen LogP contribution in [0.4, 0.5) is 0 Å². The Hall–Kier alpha value is -1.47. The summed E-state index contributed by atoms with van der Waals surface area (Å²) >= 11 is 0. The summed E-state index contributed by atoms with van der Waals surface area (Å²) in [4.78, 5) is 0. The molecule has 0 fully saturated rings. The minimum Gasteiger partial charge on any atom is -0.247 e. The van der Waals surface area contributed by atoms with Crippen LogP contribution in [0.3, 0.4) is 0 Å². The second kappa shape index (κ2) is 7.89. The van der Waals surface area contributed by atoms with E-state index in [1.165, 1.54) is 19.3 Å². The molecule has 0 aromatic carbocycles. The zero-order chi connectivity index (χ0) is 11.6. The third-order valence-electron chi connectivity index (χ3n) is 2.65. The standard InChI is InChI=1S/C11H17BN3/c1-2-3-4-5-6-7-8-12(9-13,10-14)11-15/h2-8H2,1H3/q-1. The summed E-state index contributed by atoms with van der Waals surface area (Å²) in [6.45, 7) is 2.16. The van der Waals surface area contributed by atoms with Crippen LogP contribution in [-0.2, 0) is 0 Å². The Labute approximate surface area is 92.2 Å². The molecule has 0 aromatic heterocycles. The highest BCUT2D eigenvalue weighted by Crippen LogP contribution is 2.14. The van der Waals surface area contributed by atoms with Crippen molar-refractivity contribution < 1.29 is 0 Å². The molecule has 0 atom stereocenters. The van der Waals surface area contributed by atoms with Gasteiger partial charge in [-0.15, -0.1) is 24.2 Å². The predicted octanol–water partition coefficient (Wildman–Crippen LogP) is 2.98. The SMILES string of the molecule is CCCCCCCC[B-](C#N)(C#N)C#N. The van der Waals surface area contributed by atoms with Gasteiger partial charge >= 0.3 is 0 Å². The van der Waals surface area contributed by atoms with E-state index in [-0.39, 0.29) is 0 Å². The van der Waals surface area contributed by atoms with Gasteiger partial charge in [0.05, 0.1) is 0 Å². The van der Waals surface area contributed by atoms with E-state index in [0.717, 1.165) is 19.3 Å². The quantitative estimate of drug-likeness (QED) is 0.470. The normalized spacial score (nSPS) is 10.0. The summed E-state index contributed by atoms with van der Waals surface area (Å²) in [6, 6.07) is 0. The van der Waals surface area contributed by atoms with Crippen LogP contribution in [0.5, 0.6) is 0 Å². The van der Waals surface area contributed by atoms with Gasteiger partial charge in [0.15, 0.2) is 0 Å². The number of hydrogen-bond donors (Lipinski definition) is 0. The number of rotatable bonds is 7.